The van der Waals surface area contributed by atoms with Crippen LogP contribution in [0.15, 0.2) is 91.3 Å². The number of ether oxygens (including phenoxy) is 2. The molecule has 5 aromatic rings. The minimum absolute atomic E-state index is 0.0589. The highest BCUT2D eigenvalue weighted by Gasteiger charge is 2.36. The highest BCUT2D eigenvalue weighted by molar-refractivity contribution is 5.98. The lowest BCUT2D eigenvalue weighted by Gasteiger charge is -2.26. The standard InChI is InChI=1S/C39H43N7O8/c1-53-38(51)27(39(52)54-2)19-31(34(41)47)44-37(50)33(18-24-21-43-30-15-9-7-13-26(24)30)46-36(49)32(16-22-10-4-3-5-11-22)45-35(48)28(40)17-23-20-42-29-14-8-6-12-25(23)29/h3-15,20-21,27-28,31-33,42-43H,16-19,40H2,1-2H3,(H2,41,47)(H,44,50)(H,45,48)(H,46,49)/t28-,31+,32-,33-/m1/s1. The third kappa shape index (κ3) is 9.49. The topological polar surface area (TPSA) is 241 Å². The molecule has 4 atom stereocenters. The number of esters is 2. The fourth-order valence-electron chi connectivity index (χ4n) is 6.30. The Kier molecular flexibility index (Phi) is 12.8. The number of carbonyl (C=O) groups excluding carboxylic acids is 6. The van der Waals surface area contributed by atoms with Crippen LogP contribution in [0, 0.1) is 5.92 Å². The summed E-state index contributed by atoms with van der Waals surface area (Å²) in [6, 6.07) is 18.9. The van der Waals surface area contributed by atoms with E-state index in [0.717, 1.165) is 47.2 Å². The lowest BCUT2D eigenvalue weighted by atomic mass is 9.98. The largest absolute Gasteiger partial charge is 0.468 e. The number of H-pyrrole nitrogens is 2. The molecule has 0 aliphatic carbocycles. The first-order chi connectivity index (χ1) is 26.0. The van der Waals surface area contributed by atoms with Crippen molar-refractivity contribution in [3.63, 3.8) is 0 Å². The van der Waals surface area contributed by atoms with E-state index in [4.69, 9.17) is 20.9 Å². The maximum Gasteiger partial charge on any atom is 0.320 e. The third-order valence-corrected chi connectivity index (χ3v) is 9.20. The van der Waals surface area contributed by atoms with Crippen molar-refractivity contribution in [3.05, 3.63) is 108 Å². The number of aromatic amines is 2. The van der Waals surface area contributed by atoms with Gasteiger partial charge in [0.2, 0.25) is 23.6 Å². The van der Waals surface area contributed by atoms with E-state index in [2.05, 4.69) is 25.9 Å². The Labute approximate surface area is 310 Å². The van der Waals surface area contributed by atoms with E-state index in [9.17, 15) is 28.8 Å². The van der Waals surface area contributed by atoms with Gasteiger partial charge in [-0.05, 0) is 35.2 Å². The summed E-state index contributed by atoms with van der Waals surface area (Å²) in [6.07, 6.45) is 3.11. The van der Waals surface area contributed by atoms with Gasteiger partial charge in [0, 0.05) is 53.5 Å². The molecule has 0 saturated heterocycles. The second-order valence-corrected chi connectivity index (χ2v) is 12.8. The van der Waals surface area contributed by atoms with Crippen molar-refractivity contribution in [3.8, 4) is 0 Å². The Bertz CT molecular complexity index is 2110. The molecule has 15 heteroatoms. The molecule has 5 rings (SSSR count). The SMILES string of the molecule is COC(=O)C(C[C@H](NC(=O)[C@@H](Cc1c[nH]c2ccccc12)NC(=O)[C@@H](Cc1ccccc1)NC(=O)[C@H](N)Cc1c[nH]c2ccccc12)C(N)=O)C(=O)OC. The summed E-state index contributed by atoms with van der Waals surface area (Å²) in [7, 11) is 2.12. The smallest absolute Gasteiger partial charge is 0.320 e. The van der Waals surface area contributed by atoms with Gasteiger partial charge in [-0.3, -0.25) is 28.8 Å². The van der Waals surface area contributed by atoms with Crippen LogP contribution in [0.3, 0.4) is 0 Å². The third-order valence-electron chi connectivity index (χ3n) is 9.20. The first kappa shape index (κ1) is 38.7. The molecule has 0 aliphatic heterocycles. The lowest BCUT2D eigenvalue weighted by Crippen LogP contribution is -2.59. The van der Waals surface area contributed by atoms with Crippen LogP contribution in [0.5, 0.6) is 0 Å². The van der Waals surface area contributed by atoms with E-state index in [-0.39, 0.29) is 19.3 Å². The van der Waals surface area contributed by atoms with E-state index in [1.807, 2.05) is 54.6 Å². The molecule has 2 heterocycles. The van der Waals surface area contributed by atoms with E-state index in [0.29, 0.717) is 5.56 Å². The number of nitrogens with two attached hydrogens (primary N) is 2. The second-order valence-electron chi connectivity index (χ2n) is 12.8. The molecule has 15 nitrogen and oxygen atoms in total. The average Bonchev–Trinajstić information content (AvgIpc) is 3.79. The summed E-state index contributed by atoms with van der Waals surface area (Å²) in [5.74, 6) is -6.73. The van der Waals surface area contributed by atoms with Crippen molar-refractivity contribution < 1.29 is 38.2 Å². The molecule has 0 spiro atoms. The number of carbonyl (C=O) groups is 6. The zero-order valence-corrected chi connectivity index (χ0v) is 29.8. The van der Waals surface area contributed by atoms with Gasteiger partial charge in [-0.2, -0.15) is 0 Å². The molecule has 0 aliphatic rings. The lowest BCUT2D eigenvalue weighted by molar-refractivity contribution is -0.159. The van der Waals surface area contributed by atoms with Crippen LogP contribution in [-0.4, -0.2) is 83.9 Å². The van der Waals surface area contributed by atoms with Gasteiger partial charge in [-0.15, -0.1) is 0 Å². The van der Waals surface area contributed by atoms with Gasteiger partial charge in [0.05, 0.1) is 20.3 Å². The zero-order valence-electron chi connectivity index (χ0n) is 29.8. The number of aromatic nitrogens is 2. The van der Waals surface area contributed by atoms with Crippen molar-refractivity contribution >= 4 is 57.4 Å². The normalized spacial score (nSPS) is 13.4. The Hall–Kier alpha value is -6.48. The molecular formula is C39H43N7O8. The Morgan fingerprint density at radius 2 is 1.07 bits per heavy atom. The quantitative estimate of drug-likeness (QED) is 0.0537. The molecule has 54 heavy (non-hydrogen) atoms. The average molecular weight is 738 g/mol. The van der Waals surface area contributed by atoms with Gasteiger partial charge in [-0.1, -0.05) is 66.7 Å². The maximum atomic E-state index is 14.2. The summed E-state index contributed by atoms with van der Waals surface area (Å²) in [5, 5.41) is 9.74. The summed E-state index contributed by atoms with van der Waals surface area (Å²) in [5.41, 5.74) is 15.9. The van der Waals surface area contributed by atoms with Crippen LogP contribution >= 0.6 is 0 Å². The molecule has 0 saturated carbocycles. The summed E-state index contributed by atoms with van der Waals surface area (Å²) in [4.78, 5) is 85.4. The fraction of sp³-hybridized carbons (Fsp3) is 0.282. The molecule has 2 aromatic heterocycles. The number of rotatable bonds is 17. The van der Waals surface area contributed by atoms with Gasteiger partial charge < -0.3 is 46.9 Å². The highest BCUT2D eigenvalue weighted by atomic mass is 16.5. The summed E-state index contributed by atoms with van der Waals surface area (Å²) >= 11 is 0. The molecule has 0 fully saturated rings. The number of hydrogen-bond acceptors (Lipinski definition) is 9. The van der Waals surface area contributed by atoms with Crippen LogP contribution in [0.2, 0.25) is 0 Å². The summed E-state index contributed by atoms with van der Waals surface area (Å²) < 4.78 is 9.39. The van der Waals surface area contributed by atoms with Gasteiger partial charge in [0.1, 0.15) is 18.1 Å². The van der Waals surface area contributed by atoms with Gasteiger partial charge in [-0.25, -0.2) is 0 Å². The van der Waals surface area contributed by atoms with Gasteiger partial charge in [0.15, 0.2) is 5.92 Å². The van der Waals surface area contributed by atoms with Crippen LogP contribution < -0.4 is 27.4 Å². The van der Waals surface area contributed by atoms with E-state index >= 15 is 0 Å². The molecule has 0 unspecified atom stereocenters. The molecular weight excluding hydrogens is 694 g/mol. The van der Waals surface area contributed by atoms with Crippen LogP contribution in [0.25, 0.3) is 21.8 Å². The molecule has 9 N–H and O–H groups in total. The number of fused-ring (bicyclic) bond motifs is 2. The van der Waals surface area contributed by atoms with E-state index in [1.54, 1.807) is 36.7 Å². The Morgan fingerprint density at radius 3 is 1.61 bits per heavy atom. The number of benzene rings is 3. The predicted octanol–water partition coefficient (Wildman–Crippen LogP) is 1.30. The summed E-state index contributed by atoms with van der Waals surface area (Å²) in [6.45, 7) is 0. The minimum Gasteiger partial charge on any atom is -0.468 e. The van der Waals surface area contributed by atoms with E-state index < -0.39 is 72.1 Å². The molecule has 4 amide bonds. The van der Waals surface area contributed by atoms with Crippen LogP contribution in [-0.2, 0) is 57.5 Å². The minimum atomic E-state index is -1.57. The zero-order chi connectivity index (χ0) is 38.8. The van der Waals surface area contributed by atoms with Crippen molar-refractivity contribution in [2.75, 3.05) is 14.2 Å². The van der Waals surface area contributed by atoms with Crippen LogP contribution in [0.1, 0.15) is 23.1 Å². The Balaban J connectivity index is 1.40. The monoisotopic (exact) mass is 737 g/mol. The molecule has 282 valence electrons. The second kappa shape index (κ2) is 17.8. The van der Waals surface area contributed by atoms with Gasteiger partial charge >= 0.3 is 11.9 Å². The molecule has 0 bridgehead atoms. The van der Waals surface area contributed by atoms with Crippen molar-refractivity contribution in [1.82, 2.24) is 25.9 Å². The number of amides is 4. The van der Waals surface area contributed by atoms with Crippen LogP contribution in [0.4, 0.5) is 0 Å². The fourth-order valence-corrected chi connectivity index (χ4v) is 6.30. The number of nitrogens with one attached hydrogen (secondary N) is 5. The van der Waals surface area contributed by atoms with Crippen molar-refractivity contribution in [2.45, 2.75) is 49.9 Å². The first-order valence-corrected chi connectivity index (χ1v) is 17.2. The maximum absolute atomic E-state index is 14.2. The number of methoxy groups -OCH3 is 2. The van der Waals surface area contributed by atoms with Crippen molar-refractivity contribution in [1.29, 1.82) is 0 Å². The molecule has 0 radical (unpaired) electrons. The molecule has 3 aromatic carbocycles. The first-order valence-electron chi connectivity index (χ1n) is 17.2. The number of hydrogen-bond donors (Lipinski definition) is 7. The predicted molar refractivity (Wildman–Crippen MR) is 199 cm³/mol. The van der Waals surface area contributed by atoms with Crippen molar-refractivity contribution in [2.24, 2.45) is 17.4 Å². The van der Waals surface area contributed by atoms with E-state index in [1.165, 1.54) is 0 Å². The number of primary amides is 1. The Morgan fingerprint density at radius 1 is 0.611 bits per heavy atom. The number of para-hydroxylation sites is 2. The van der Waals surface area contributed by atoms with Gasteiger partial charge in [0.25, 0.3) is 0 Å². The highest BCUT2D eigenvalue weighted by Crippen LogP contribution is 2.21.